The van der Waals surface area contributed by atoms with Gasteiger partial charge in [0, 0.05) is 41.9 Å². The van der Waals surface area contributed by atoms with Crippen LogP contribution in [0.25, 0.3) is 0 Å². The number of alkyl halides is 1. The number of ether oxygens (including phenoxy) is 1. The lowest BCUT2D eigenvalue weighted by atomic mass is 9.70. The summed E-state index contributed by atoms with van der Waals surface area (Å²) < 4.78 is 4.69. The van der Waals surface area contributed by atoms with Crippen LogP contribution in [-0.4, -0.2) is 106 Å². The van der Waals surface area contributed by atoms with Gasteiger partial charge in [-0.05, 0) is 30.9 Å². The van der Waals surface area contributed by atoms with Crippen LogP contribution in [0, 0.1) is 17.8 Å². The number of aliphatic hydroxyl groups excluding tert-OH is 1. The zero-order chi connectivity index (χ0) is 27.7. The minimum Gasteiger partial charge on any atom is -0.394 e. The monoisotopic (exact) mass is 622 g/mol. The number of benzene rings is 1. The summed E-state index contributed by atoms with van der Waals surface area (Å²) in [6.07, 6.45) is 1.20. The Bertz CT molecular complexity index is 1060. The fraction of sp³-hybridized carbons (Fsp3) is 0.679. The van der Waals surface area contributed by atoms with E-state index < -0.39 is 28.7 Å². The van der Waals surface area contributed by atoms with E-state index in [-0.39, 0.29) is 40.3 Å². The number of nitrogens with one attached hydrogen (secondary N) is 2. The third kappa shape index (κ3) is 5.49. The second kappa shape index (κ2) is 12.1. The van der Waals surface area contributed by atoms with E-state index >= 15 is 0 Å². The Morgan fingerprint density at radius 1 is 1.21 bits per heavy atom. The highest BCUT2D eigenvalue weighted by molar-refractivity contribution is 9.09. The highest BCUT2D eigenvalue weighted by atomic mass is 79.9. The average Bonchev–Trinajstić information content (AvgIpc) is 3.51. The van der Waals surface area contributed by atoms with Gasteiger partial charge in [0.2, 0.25) is 17.7 Å². The minimum absolute atomic E-state index is 0.000603. The van der Waals surface area contributed by atoms with E-state index in [0.29, 0.717) is 44.8 Å². The van der Waals surface area contributed by atoms with Crippen molar-refractivity contribution < 1.29 is 24.2 Å². The number of anilines is 1. The molecule has 4 fully saturated rings. The van der Waals surface area contributed by atoms with Crippen LogP contribution in [0.2, 0.25) is 0 Å². The molecule has 4 saturated heterocycles. The molecule has 0 aliphatic carbocycles. The summed E-state index contributed by atoms with van der Waals surface area (Å²) in [4.78, 5) is 45.9. The van der Waals surface area contributed by atoms with Crippen LogP contribution in [-0.2, 0) is 19.1 Å². The Kier molecular flexibility index (Phi) is 8.92. The molecule has 4 aliphatic rings. The molecule has 0 aromatic heterocycles. The van der Waals surface area contributed by atoms with Crippen molar-refractivity contribution in [2.45, 2.75) is 53.6 Å². The van der Waals surface area contributed by atoms with Crippen molar-refractivity contribution >= 4 is 51.1 Å². The summed E-state index contributed by atoms with van der Waals surface area (Å²) in [7, 11) is 0. The third-order valence-electron chi connectivity index (χ3n) is 8.50. The number of aliphatic hydroxyl groups is 1. The molecule has 11 heteroatoms. The number of thioether (sulfide) groups is 1. The van der Waals surface area contributed by atoms with Gasteiger partial charge in [0.15, 0.2) is 0 Å². The molecule has 214 valence electrons. The van der Waals surface area contributed by atoms with Crippen molar-refractivity contribution in [1.29, 1.82) is 0 Å². The highest BCUT2D eigenvalue weighted by Crippen LogP contribution is 2.68. The summed E-state index contributed by atoms with van der Waals surface area (Å²) in [6.45, 7) is 8.08. The van der Waals surface area contributed by atoms with E-state index in [1.54, 1.807) is 16.7 Å². The van der Waals surface area contributed by atoms with Crippen molar-refractivity contribution in [3.63, 3.8) is 0 Å². The molecule has 1 aromatic carbocycles. The van der Waals surface area contributed by atoms with Gasteiger partial charge in [0.1, 0.15) is 6.04 Å². The summed E-state index contributed by atoms with van der Waals surface area (Å²) in [5.74, 6) is -1.55. The number of carbonyl (C=O) groups is 3. The van der Waals surface area contributed by atoms with Gasteiger partial charge in [-0.15, -0.1) is 11.8 Å². The lowest BCUT2D eigenvalue weighted by Gasteiger charge is -2.38. The number of amides is 3. The molecule has 3 unspecified atom stereocenters. The van der Waals surface area contributed by atoms with Gasteiger partial charge in [-0.2, -0.15) is 0 Å². The van der Waals surface area contributed by atoms with E-state index in [4.69, 9.17) is 4.74 Å². The number of halogens is 1. The molecule has 1 spiro atoms. The lowest BCUT2D eigenvalue weighted by Crippen LogP contribution is -2.57. The van der Waals surface area contributed by atoms with Gasteiger partial charge in [-0.3, -0.25) is 19.3 Å². The second-order valence-electron chi connectivity index (χ2n) is 11.5. The number of para-hydroxylation sites is 1. The van der Waals surface area contributed by atoms with Gasteiger partial charge in [0.05, 0.1) is 42.4 Å². The molecule has 9 nitrogen and oxygen atoms in total. The number of morpholine rings is 1. The molecule has 5 rings (SSSR count). The van der Waals surface area contributed by atoms with Crippen LogP contribution in [0.5, 0.6) is 0 Å². The third-order valence-corrected chi connectivity index (χ3v) is 11.7. The Morgan fingerprint density at radius 2 is 1.92 bits per heavy atom. The van der Waals surface area contributed by atoms with Gasteiger partial charge < -0.3 is 25.4 Å². The Morgan fingerprint density at radius 3 is 2.59 bits per heavy atom. The Balaban J connectivity index is 1.43. The molecule has 0 saturated carbocycles. The normalized spacial score (nSPS) is 32.9. The quantitative estimate of drug-likeness (QED) is 0.342. The maximum absolute atomic E-state index is 14.3. The zero-order valence-corrected chi connectivity index (χ0v) is 25.0. The maximum atomic E-state index is 14.3. The smallest absolute Gasteiger partial charge is 0.244 e. The predicted octanol–water partition coefficient (Wildman–Crippen LogP) is 1.95. The average molecular weight is 624 g/mol. The van der Waals surface area contributed by atoms with E-state index in [9.17, 15) is 19.5 Å². The number of fused-ring (bicyclic) bond motifs is 1. The van der Waals surface area contributed by atoms with Crippen molar-refractivity contribution in [3.8, 4) is 0 Å². The summed E-state index contributed by atoms with van der Waals surface area (Å²) in [6, 6.07) is 8.03. The minimum atomic E-state index is -0.750. The van der Waals surface area contributed by atoms with E-state index in [0.717, 1.165) is 13.1 Å². The number of nitrogens with zero attached hydrogens (tertiary/aromatic N) is 2. The van der Waals surface area contributed by atoms with Crippen LogP contribution in [0.3, 0.4) is 0 Å². The lowest BCUT2D eigenvalue weighted by molar-refractivity contribution is -0.142. The molecule has 2 bridgehead atoms. The SMILES string of the molecule is CC(C)C[C@H](CO)N1C(=O)[C@@H]2[C@@H](C(=O)Nc3ccccc3)[C@@H]3SC2(CC3Br)C1C(=O)NCCN1CCOCC1. The fourth-order valence-corrected chi connectivity index (χ4v) is 10.5. The molecule has 7 atom stereocenters. The number of likely N-dealkylation sites (tertiary alicyclic amines) is 1. The van der Waals surface area contributed by atoms with Crippen LogP contribution in [0.15, 0.2) is 30.3 Å². The zero-order valence-electron chi connectivity index (χ0n) is 22.6. The highest BCUT2D eigenvalue weighted by Gasteiger charge is 2.76. The molecule has 4 aliphatic heterocycles. The molecular weight excluding hydrogens is 584 g/mol. The largest absolute Gasteiger partial charge is 0.394 e. The standard InChI is InChI=1S/C28H39BrN4O5S/c1-17(2)14-19(16-34)33-24(26(36)30-8-9-32-10-12-38-13-11-32)28-15-20(29)23(39-28)21(22(28)27(33)37)25(35)31-18-6-4-3-5-7-18/h3-7,17,19-24,34H,8-16H2,1-2H3,(H,30,36)(H,31,35)/t19-,20?,21-,22+,23-,24?,28?/m1/s1. The number of hydrogen-bond acceptors (Lipinski definition) is 7. The Hall–Kier alpha value is -1.66. The molecule has 3 amide bonds. The van der Waals surface area contributed by atoms with E-state index in [2.05, 4.69) is 31.5 Å². The van der Waals surface area contributed by atoms with E-state index in [1.165, 1.54) is 0 Å². The molecule has 39 heavy (non-hydrogen) atoms. The molecular formula is C28H39BrN4O5S. The molecule has 1 aromatic rings. The summed E-state index contributed by atoms with van der Waals surface area (Å²) in [5.41, 5.74) is 0.684. The first kappa shape index (κ1) is 28.9. The van der Waals surface area contributed by atoms with Crippen LogP contribution < -0.4 is 10.6 Å². The van der Waals surface area contributed by atoms with Gasteiger partial charge >= 0.3 is 0 Å². The van der Waals surface area contributed by atoms with Crippen molar-refractivity contribution in [2.75, 3.05) is 51.3 Å². The van der Waals surface area contributed by atoms with Crippen LogP contribution >= 0.6 is 27.7 Å². The number of carbonyl (C=O) groups excluding carboxylic acids is 3. The molecule has 3 N–H and O–H groups in total. The van der Waals surface area contributed by atoms with Gasteiger partial charge in [0.25, 0.3) is 0 Å². The van der Waals surface area contributed by atoms with Crippen LogP contribution in [0.4, 0.5) is 5.69 Å². The van der Waals surface area contributed by atoms with Crippen LogP contribution in [0.1, 0.15) is 26.7 Å². The van der Waals surface area contributed by atoms with Crippen molar-refractivity contribution in [3.05, 3.63) is 30.3 Å². The predicted molar refractivity (Wildman–Crippen MR) is 155 cm³/mol. The van der Waals surface area contributed by atoms with E-state index in [1.807, 2.05) is 44.2 Å². The van der Waals surface area contributed by atoms with Gasteiger partial charge in [-0.1, -0.05) is 48.0 Å². The van der Waals surface area contributed by atoms with Gasteiger partial charge in [-0.25, -0.2) is 0 Å². The number of hydrogen-bond donors (Lipinski definition) is 3. The number of rotatable bonds is 10. The summed E-state index contributed by atoms with van der Waals surface area (Å²) >= 11 is 5.42. The molecule has 0 radical (unpaired) electrons. The Labute approximate surface area is 242 Å². The van der Waals surface area contributed by atoms with Crippen molar-refractivity contribution in [1.82, 2.24) is 15.1 Å². The second-order valence-corrected chi connectivity index (χ2v) is 14.2. The van der Waals surface area contributed by atoms with Crippen molar-refractivity contribution in [2.24, 2.45) is 17.8 Å². The topological polar surface area (TPSA) is 111 Å². The first-order valence-electron chi connectivity index (χ1n) is 14.0. The first-order valence-corrected chi connectivity index (χ1v) is 15.7. The first-order chi connectivity index (χ1) is 18.8. The fourth-order valence-electron chi connectivity index (χ4n) is 6.89. The maximum Gasteiger partial charge on any atom is 0.244 e. The summed E-state index contributed by atoms with van der Waals surface area (Å²) in [5, 5.41) is 16.4. The molecule has 4 heterocycles.